The first-order chi connectivity index (χ1) is 16.0. The number of nitrogens with zero attached hydrogens (tertiary/aromatic N) is 2. The Bertz CT molecular complexity index is 1200. The first-order valence-corrected chi connectivity index (χ1v) is 11.2. The van der Waals surface area contributed by atoms with Gasteiger partial charge in [0.1, 0.15) is 11.6 Å². The smallest absolute Gasteiger partial charge is 0.337 e. The highest BCUT2D eigenvalue weighted by molar-refractivity contribution is 5.93. The van der Waals surface area contributed by atoms with E-state index in [0.29, 0.717) is 36.1 Å². The number of ether oxygens (including phenoxy) is 1. The number of nitrogens with one attached hydrogen (secondary N) is 1. The van der Waals surface area contributed by atoms with Gasteiger partial charge in [-0.05, 0) is 66.8 Å². The number of rotatable bonds is 8. The maximum absolute atomic E-state index is 14.8. The minimum atomic E-state index is -0.990. The molecular formula is C26H26FN3O3. The number of benzene rings is 2. The van der Waals surface area contributed by atoms with Gasteiger partial charge in [-0.1, -0.05) is 12.1 Å². The summed E-state index contributed by atoms with van der Waals surface area (Å²) in [6, 6.07) is 12.7. The molecule has 2 heterocycles. The van der Waals surface area contributed by atoms with E-state index in [9.17, 15) is 14.3 Å². The number of fused-ring (bicyclic) bond motifs is 1. The summed E-state index contributed by atoms with van der Waals surface area (Å²) in [5, 5.41) is 12.6. The van der Waals surface area contributed by atoms with E-state index in [1.165, 1.54) is 37.4 Å². The predicted molar refractivity (Wildman–Crippen MR) is 124 cm³/mol. The van der Waals surface area contributed by atoms with Crippen LogP contribution in [0.1, 0.15) is 40.4 Å². The van der Waals surface area contributed by atoms with Crippen LogP contribution < -0.4 is 10.1 Å². The molecule has 2 N–H and O–H groups in total. The van der Waals surface area contributed by atoms with Crippen LogP contribution in [0.4, 0.5) is 10.1 Å². The highest BCUT2D eigenvalue weighted by Crippen LogP contribution is 2.37. The largest absolute Gasteiger partial charge is 0.493 e. The van der Waals surface area contributed by atoms with Gasteiger partial charge in [-0.2, -0.15) is 0 Å². The van der Waals surface area contributed by atoms with Crippen molar-refractivity contribution in [3.63, 3.8) is 0 Å². The number of pyridine rings is 1. The van der Waals surface area contributed by atoms with Crippen LogP contribution in [0.25, 0.3) is 11.1 Å². The van der Waals surface area contributed by atoms with Gasteiger partial charge >= 0.3 is 5.97 Å². The molecule has 1 unspecified atom stereocenters. The molecule has 1 fully saturated rings. The maximum atomic E-state index is 14.8. The van der Waals surface area contributed by atoms with Crippen molar-refractivity contribution in [3.8, 4) is 16.9 Å². The Labute approximate surface area is 192 Å². The lowest BCUT2D eigenvalue weighted by Crippen LogP contribution is -2.24. The molecule has 3 aromatic rings. The van der Waals surface area contributed by atoms with Gasteiger partial charge in [-0.25, -0.2) is 9.18 Å². The molecule has 5 rings (SSSR count). The molecule has 170 valence electrons. The molecule has 0 amide bonds. The molecule has 1 aromatic heterocycles. The van der Waals surface area contributed by atoms with Gasteiger partial charge in [0.15, 0.2) is 0 Å². The fraction of sp³-hybridized carbons (Fsp3) is 0.308. The SMILES string of the molecule is CN1Cc2cc(-c3ccc(OCC4CC4)cc3F)ccc2C1CNc1cnccc1C(=O)O. The molecule has 1 aliphatic heterocycles. The van der Waals surface area contributed by atoms with Crippen molar-refractivity contribution in [3.05, 3.63) is 77.4 Å². The fourth-order valence-corrected chi connectivity index (χ4v) is 4.36. The summed E-state index contributed by atoms with van der Waals surface area (Å²) >= 11 is 0. The molecule has 7 heteroatoms. The van der Waals surface area contributed by atoms with Gasteiger partial charge in [0, 0.05) is 30.9 Å². The highest BCUT2D eigenvalue weighted by Gasteiger charge is 2.28. The molecule has 1 saturated carbocycles. The average Bonchev–Trinajstić information content (AvgIpc) is 3.58. The van der Waals surface area contributed by atoms with Crippen LogP contribution in [0.3, 0.4) is 0 Å². The predicted octanol–water partition coefficient (Wildman–Crippen LogP) is 4.97. The van der Waals surface area contributed by atoms with Crippen LogP contribution in [-0.2, 0) is 6.54 Å². The highest BCUT2D eigenvalue weighted by atomic mass is 19.1. The second-order valence-electron chi connectivity index (χ2n) is 8.85. The van der Waals surface area contributed by atoms with Crippen molar-refractivity contribution in [2.24, 2.45) is 5.92 Å². The molecular weight excluding hydrogens is 421 g/mol. The lowest BCUT2D eigenvalue weighted by molar-refractivity contribution is 0.0697. The summed E-state index contributed by atoms with van der Waals surface area (Å²) < 4.78 is 20.5. The Balaban J connectivity index is 1.32. The first-order valence-electron chi connectivity index (χ1n) is 11.2. The standard InChI is InChI=1S/C26H26FN3O3/c1-30-14-18-10-17(20-7-5-19(11-23(20)27)33-15-16-2-3-16)4-6-21(18)25(30)13-29-24-12-28-9-8-22(24)26(31)32/h4-12,16,25,29H,2-3,13-15H2,1H3,(H,31,32). The van der Waals surface area contributed by atoms with Gasteiger partial charge < -0.3 is 15.2 Å². The van der Waals surface area contributed by atoms with Crippen molar-refractivity contribution in [1.29, 1.82) is 0 Å². The lowest BCUT2D eigenvalue weighted by Gasteiger charge is -2.22. The normalized spacial score (nSPS) is 17.6. The van der Waals surface area contributed by atoms with Crippen LogP contribution in [0.15, 0.2) is 54.9 Å². The number of likely N-dealkylation sites (N-methyl/N-ethyl adjacent to an activating group) is 1. The van der Waals surface area contributed by atoms with Crippen molar-refractivity contribution in [1.82, 2.24) is 9.88 Å². The van der Waals surface area contributed by atoms with Gasteiger partial charge in [-0.15, -0.1) is 0 Å². The number of carboxylic acid groups (broad SMARTS) is 1. The first kappa shape index (κ1) is 21.4. The van der Waals surface area contributed by atoms with E-state index in [-0.39, 0.29) is 17.4 Å². The summed E-state index contributed by atoms with van der Waals surface area (Å²) in [7, 11) is 2.03. The van der Waals surface area contributed by atoms with Crippen molar-refractivity contribution < 1.29 is 19.0 Å². The van der Waals surface area contributed by atoms with Crippen LogP contribution in [0.5, 0.6) is 5.75 Å². The van der Waals surface area contributed by atoms with Crippen molar-refractivity contribution >= 4 is 11.7 Å². The zero-order valence-corrected chi connectivity index (χ0v) is 18.4. The second-order valence-corrected chi connectivity index (χ2v) is 8.85. The number of carboxylic acids is 1. The molecule has 2 aromatic carbocycles. The molecule has 0 saturated heterocycles. The van der Waals surface area contributed by atoms with E-state index in [0.717, 1.165) is 23.2 Å². The molecule has 2 aliphatic rings. The summed E-state index contributed by atoms with van der Waals surface area (Å²) in [6.07, 6.45) is 5.40. The molecule has 1 aliphatic carbocycles. The van der Waals surface area contributed by atoms with Crippen LogP contribution in [-0.4, -0.2) is 41.2 Å². The molecule has 0 spiro atoms. The summed E-state index contributed by atoms with van der Waals surface area (Å²) in [4.78, 5) is 17.7. The number of carbonyl (C=O) groups is 1. The molecule has 33 heavy (non-hydrogen) atoms. The number of aromatic carboxylic acids is 1. The van der Waals surface area contributed by atoms with Crippen molar-refractivity contribution in [2.45, 2.75) is 25.4 Å². The molecule has 0 bridgehead atoms. The summed E-state index contributed by atoms with van der Waals surface area (Å²) in [6.45, 7) is 1.93. The van der Waals surface area contributed by atoms with Gasteiger partial charge in [0.25, 0.3) is 0 Å². The zero-order chi connectivity index (χ0) is 22.9. The topological polar surface area (TPSA) is 74.7 Å². The Morgan fingerprint density at radius 2 is 2.09 bits per heavy atom. The minimum absolute atomic E-state index is 0.0685. The van der Waals surface area contributed by atoms with Crippen molar-refractivity contribution in [2.75, 3.05) is 25.5 Å². The van der Waals surface area contributed by atoms with E-state index in [1.54, 1.807) is 6.07 Å². The number of halogens is 1. The molecule has 6 nitrogen and oxygen atoms in total. The Hall–Kier alpha value is -3.45. The number of aromatic nitrogens is 1. The number of anilines is 1. The third-order valence-electron chi connectivity index (χ3n) is 6.43. The number of hydrogen-bond donors (Lipinski definition) is 2. The van der Waals surface area contributed by atoms with E-state index >= 15 is 0 Å². The van der Waals surface area contributed by atoms with E-state index in [2.05, 4.69) is 15.2 Å². The Morgan fingerprint density at radius 3 is 2.85 bits per heavy atom. The van der Waals surface area contributed by atoms with Gasteiger partial charge in [-0.3, -0.25) is 9.88 Å². The summed E-state index contributed by atoms with van der Waals surface area (Å²) in [5.41, 5.74) is 4.37. The van der Waals surface area contributed by atoms with E-state index in [1.807, 2.05) is 31.3 Å². The third-order valence-corrected chi connectivity index (χ3v) is 6.43. The van der Waals surface area contributed by atoms with Gasteiger partial charge in [0.05, 0.1) is 30.1 Å². The van der Waals surface area contributed by atoms with E-state index < -0.39 is 5.97 Å². The Morgan fingerprint density at radius 1 is 1.24 bits per heavy atom. The number of hydrogen-bond acceptors (Lipinski definition) is 5. The Kier molecular flexibility index (Phi) is 5.72. The average molecular weight is 448 g/mol. The third kappa shape index (κ3) is 4.54. The quantitative estimate of drug-likeness (QED) is 0.508. The maximum Gasteiger partial charge on any atom is 0.337 e. The van der Waals surface area contributed by atoms with Crippen LogP contribution in [0, 0.1) is 11.7 Å². The van der Waals surface area contributed by atoms with E-state index in [4.69, 9.17) is 4.74 Å². The monoisotopic (exact) mass is 447 g/mol. The molecule has 1 atom stereocenters. The van der Waals surface area contributed by atoms with Crippen LogP contribution >= 0.6 is 0 Å². The van der Waals surface area contributed by atoms with Crippen LogP contribution in [0.2, 0.25) is 0 Å². The fourth-order valence-electron chi connectivity index (χ4n) is 4.36. The lowest BCUT2D eigenvalue weighted by atomic mass is 9.97. The van der Waals surface area contributed by atoms with Gasteiger partial charge in [0.2, 0.25) is 0 Å². The summed E-state index contributed by atoms with van der Waals surface area (Å²) in [5.74, 6) is -0.0784. The second kappa shape index (κ2) is 8.83. The molecule has 0 radical (unpaired) electrons. The zero-order valence-electron chi connectivity index (χ0n) is 18.4. The minimum Gasteiger partial charge on any atom is -0.493 e.